The highest BCUT2D eigenvalue weighted by atomic mass is 16.4. The fourth-order valence-corrected chi connectivity index (χ4v) is 3.59. The van der Waals surface area contributed by atoms with Crippen molar-refractivity contribution < 1.29 is 14.7 Å². The van der Waals surface area contributed by atoms with Crippen molar-refractivity contribution >= 4 is 34.3 Å². The molecule has 0 spiro atoms. The summed E-state index contributed by atoms with van der Waals surface area (Å²) < 4.78 is 0. The first-order valence-corrected chi connectivity index (χ1v) is 8.07. The zero-order valence-corrected chi connectivity index (χ0v) is 13.0. The monoisotopic (exact) mass is 330 g/mol. The molecule has 0 unspecified atom stereocenters. The Labute approximate surface area is 137 Å². The molecule has 8 heteroatoms. The Balaban J connectivity index is 1.83. The number of hydrogen-bond acceptors (Lipinski definition) is 4. The predicted molar refractivity (Wildman–Crippen MR) is 88.5 cm³/mol. The van der Waals surface area contributed by atoms with Crippen molar-refractivity contribution in [3.05, 3.63) is 22.6 Å². The van der Waals surface area contributed by atoms with Gasteiger partial charge in [-0.05, 0) is 25.0 Å². The number of carboxylic acid groups (broad SMARTS) is 1. The molecular weight excluding hydrogens is 312 g/mol. The minimum absolute atomic E-state index is 0.0104. The predicted octanol–water partition coefficient (Wildman–Crippen LogP) is 0.894. The maximum atomic E-state index is 12.4. The summed E-state index contributed by atoms with van der Waals surface area (Å²) in [4.78, 5) is 44.3. The fourth-order valence-electron chi connectivity index (χ4n) is 3.59. The minimum atomic E-state index is -0.954. The molecule has 8 nitrogen and oxygen atoms in total. The van der Waals surface area contributed by atoms with Crippen LogP contribution >= 0.6 is 0 Å². The number of fused-ring (bicyclic) bond motifs is 1. The van der Waals surface area contributed by atoms with E-state index in [9.17, 15) is 19.5 Å². The molecule has 3 heterocycles. The number of carbonyl (C=O) groups excluding carboxylic acids is 1. The number of benzene rings is 1. The second kappa shape index (κ2) is 5.40. The third-order valence-corrected chi connectivity index (χ3v) is 4.82. The summed E-state index contributed by atoms with van der Waals surface area (Å²) >= 11 is 0. The van der Waals surface area contributed by atoms with Gasteiger partial charge >= 0.3 is 11.7 Å². The number of nitrogens with one attached hydrogen (secondary N) is 2. The standard InChI is InChI=1S/C16H18N4O4/c21-14-5-9(15(22)23)8-20(14)13-7-11-10(17-16(24)18-11)6-12(13)19-3-1-2-4-19/h6-7,9H,1-5,8H2,(H,22,23)(H2,17,18,24)/t9-/m1/s1. The first-order valence-electron chi connectivity index (χ1n) is 8.07. The van der Waals surface area contributed by atoms with Crippen LogP contribution in [0.1, 0.15) is 19.3 Å². The van der Waals surface area contributed by atoms with Crippen molar-refractivity contribution in [1.29, 1.82) is 0 Å². The lowest BCUT2D eigenvalue weighted by molar-refractivity contribution is -0.141. The lowest BCUT2D eigenvalue weighted by Crippen LogP contribution is -2.29. The SMILES string of the molecule is O=C(O)[C@@H]1CC(=O)N(c2cc3[nH]c(=O)[nH]c3cc2N2CCCC2)C1. The van der Waals surface area contributed by atoms with Crippen LogP contribution in [0.4, 0.5) is 11.4 Å². The molecule has 1 aromatic carbocycles. The molecule has 0 saturated carbocycles. The summed E-state index contributed by atoms with van der Waals surface area (Å²) in [5, 5.41) is 9.21. The van der Waals surface area contributed by atoms with Crippen molar-refractivity contribution in [2.45, 2.75) is 19.3 Å². The van der Waals surface area contributed by atoms with Crippen LogP contribution in [-0.4, -0.2) is 46.6 Å². The van der Waals surface area contributed by atoms with Crippen LogP contribution in [0.3, 0.4) is 0 Å². The van der Waals surface area contributed by atoms with Crippen LogP contribution in [0, 0.1) is 5.92 Å². The zero-order chi connectivity index (χ0) is 16.8. The van der Waals surface area contributed by atoms with Crippen molar-refractivity contribution in [2.24, 2.45) is 5.92 Å². The molecule has 1 aromatic heterocycles. The number of aliphatic carboxylic acids is 1. The van der Waals surface area contributed by atoms with Crippen molar-refractivity contribution in [1.82, 2.24) is 9.97 Å². The van der Waals surface area contributed by atoms with Gasteiger partial charge in [-0.1, -0.05) is 0 Å². The molecule has 3 N–H and O–H groups in total. The molecule has 2 aliphatic heterocycles. The molecule has 0 radical (unpaired) electrons. The molecule has 2 aromatic rings. The number of H-pyrrole nitrogens is 2. The molecule has 2 aliphatic rings. The summed E-state index contributed by atoms with van der Waals surface area (Å²) in [6, 6.07) is 3.64. The normalized spacial score (nSPS) is 21.2. The molecule has 0 bridgehead atoms. The van der Waals surface area contributed by atoms with Gasteiger partial charge in [0.2, 0.25) is 5.91 Å². The Kier molecular flexibility index (Phi) is 3.33. The summed E-state index contributed by atoms with van der Waals surface area (Å²) in [7, 11) is 0. The molecule has 1 amide bonds. The maximum Gasteiger partial charge on any atom is 0.323 e. The van der Waals surface area contributed by atoms with Crippen LogP contribution in [-0.2, 0) is 9.59 Å². The van der Waals surface area contributed by atoms with Gasteiger partial charge in [0.05, 0.1) is 28.3 Å². The van der Waals surface area contributed by atoms with Gasteiger partial charge in [0.25, 0.3) is 0 Å². The van der Waals surface area contributed by atoms with E-state index in [-0.39, 0.29) is 24.6 Å². The van der Waals surface area contributed by atoms with E-state index in [4.69, 9.17) is 0 Å². The third kappa shape index (κ3) is 2.34. The van der Waals surface area contributed by atoms with Crippen LogP contribution < -0.4 is 15.5 Å². The highest BCUT2D eigenvalue weighted by Gasteiger charge is 2.37. The van der Waals surface area contributed by atoms with Gasteiger partial charge in [-0.2, -0.15) is 0 Å². The average molecular weight is 330 g/mol. The van der Waals surface area contributed by atoms with E-state index in [1.807, 2.05) is 6.07 Å². The van der Waals surface area contributed by atoms with Gasteiger partial charge in [0.15, 0.2) is 0 Å². The quantitative estimate of drug-likeness (QED) is 0.774. The van der Waals surface area contributed by atoms with Gasteiger partial charge < -0.3 is 24.9 Å². The van der Waals surface area contributed by atoms with Crippen molar-refractivity contribution in [3.63, 3.8) is 0 Å². The topological polar surface area (TPSA) is 109 Å². The lowest BCUT2D eigenvalue weighted by Gasteiger charge is -2.26. The van der Waals surface area contributed by atoms with Gasteiger partial charge in [-0.3, -0.25) is 9.59 Å². The second-order valence-corrected chi connectivity index (χ2v) is 6.40. The highest BCUT2D eigenvalue weighted by molar-refractivity contribution is 6.04. The highest BCUT2D eigenvalue weighted by Crippen LogP contribution is 2.37. The van der Waals surface area contributed by atoms with E-state index in [1.54, 1.807) is 6.07 Å². The number of amides is 1. The smallest absolute Gasteiger partial charge is 0.323 e. The number of aromatic nitrogens is 2. The Bertz CT molecular complexity index is 878. The Morgan fingerprint density at radius 2 is 1.71 bits per heavy atom. The number of aromatic amines is 2. The van der Waals surface area contributed by atoms with Crippen LogP contribution in [0.5, 0.6) is 0 Å². The number of anilines is 2. The lowest BCUT2D eigenvalue weighted by atomic mass is 10.1. The number of carbonyl (C=O) groups is 2. The Morgan fingerprint density at radius 1 is 1.08 bits per heavy atom. The van der Waals surface area contributed by atoms with Crippen LogP contribution in [0.15, 0.2) is 16.9 Å². The molecule has 2 saturated heterocycles. The molecule has 1 atom stereocenters. The van der Waals surface area contributed by atoms with Gasteiger partial charge in [-0.15, -0.1) is 0 Å². The van der Waals surface area contributed by atoms with Crippen molar-refractivity contribution in [2.75, 3.05) is 29.4 Å². The Morgan fingerprint density at radius 3 is 2.29 bits per heavy atom. The summed E-state index contributed by atoms with van der Waals surface area (Å²) in [5.41, 5.74) is 2.55. The van der Waals surface area contributed by atoms with Crippen LogP contribution in [0.25, 0.3) is 11.0 Å². The average Bonchev–Trinajstić information content (AvgIpc) is 3.23. The third-order valence-electron chi connectivity index (χ3n) is 4.82. The number of carboxylic acids is 1. The van der Waals surface area contributed by atoms with Gasteiger partial charge in [0.1, 0.15) is 0 Å². The molecule has 126 valence electrons. The molecule has 0 aliphatic carbocycles. The van der Waals surface area contributed by atoms with Crippen LogP contribution in [0.2, 0.25) is 0 Å². The van der Waals surface area contributed by atoms with Crippen molar-refractivity contribution in [3.8, 4) is 0 Å². The van der Waals surface area contributed by atoms with E-state index in [2.05, 4.69) is 14.9 Å². The number of nitrogens with zero attached hydrogens (tertiary/aromatic N) is 2. The molecule has 4 rings (SSSR count). The maximum absolute atomic E-state index is 12.4. The van der Waals surface area contributed by atoms with E-state index in [1.165, 1.54) is 4.90 Å². The molecule has 2 fully saturated rings. The molecule has 24 heavy (non-hydrogen) atoms. The number of imidazole rings is 1. The van der Waals surface area contributed by atoms with Gasteiger partial charge in [-0.25, -0.2) is 4.79 Å². The summed E-state index contributed by atoms with van der Waals surface area (Å²) in [6.07, 6.45) is 2.16. The number of rotatable bonds is 3. The fraction of sp³-hybridized carbons (Fsp3) is 0.438. The zero-order valence-electron chi connectivity index (χ0n) is 13.0. The van der Waals surface area contributed by atoms with Gasteiger partial charge in [0, 0.05) is 26.1 Å². The Hall–Kier alpha value is -2.77. The first kappa shape index (κ1) is 14.8. The van der Waals surface area contributed by atoms with E-state index in [0.29, 0.717) is 16.7 Å². The summed E-state index contributed by atoms with van der Waals surface area (Å²) in [6.45, 7) is 1.93. The van der Waals surface area contributed by atoms with E-state index >= 15 is 0 Å². The van der Waals surface area contributed by atoms with E-state index < -0.39 is 11.9 Å². The first-order chi connectivity index (χ1) is 11.5. The number of hydrogen-bond donors (Lipinski definition) is 3. The molecular formula is C16H18N4O4. The van der Waals surface area contributed by atoms with E-state index in [0.717, 1.165) is 31.6 Å². The second-order valence-electron chi connectivity index (χ2n) is 6.40. The summed E-state index contributed by atoms with van der Waals surface area (Å²) in [5.74, 6) is -1.84. The minimum Gasteiger partial charge on any atom is -0.481 e. The largest absolute Gasteiger partial charge is 0.481 e.